The van der Waals surface area contributed by atoms with Gasteiger partial charge >= 0.3 is 0 Å². The molecule has 0 aliphatic rings. The van der Waals surface area contributed by atoms with Gasteiger partial charge in [0.1, 0.15) is 22.2 Å². The van der Waals surface area contributed by atoms with Crippen LogP contribution < -0.4 is 10.1 Å². The Balaban J connectivity index is 1.76. The van der Waals surface area contributed by atoms with Crippen LogP contribution in [0.3, 0.4) is 0 Å². The molecular weight excluding hydrogens is 276 g/mol. The molecule has 2 rings (SSSR count). The fourth-order valence-electron chi connectivity index (χ4n) is 1.76. The lowest BCUT2D eigenvalue weighted by atomic mass is 10.2. The molecule has 0 saturated heterocycles. The second-order valence-electron chi connectivity index (χ2n) is 4.59. The molecule has 20 heavy (non-hydrogen) atoms. The monoisotopic (exact) mass is 294 g/mol. The number of hydrogen-bond donors (Lipinski definition) is 1. The summed E-state index contributed by atoms with van der Waals surface area (Å²) >= 11 is 0. The summed E-state index contributed by atoms with van der Waals surface area (Å²) in [7, 11) is -2.90. The molecule has 1 N–H and O–H groups in total. The number of fused-ring (bicyclic) bond motifs is 1. The number of aromatic nitrogens is 1. The highest BCUT2D eigenvalue weighted by atomic mass is 32.2. The van der Waals surface area contributed by atoms with Crippen LogP contribution in [-0.4, -0.2) is 45.1 Å². The van der Waals surface area contributed by atoms with Gasteiger partial charge in [-0.25, -0.2) is 8.42 Å². The number of sulfone groups is 1. The van der Waals surface area contributed by atoms with Crippen molar-refractivity contribution in [1.29, 1.82) is 0 Å². The van der Waals surface area contributed by atoms with Crippen molar-refractivity contribution in [3.63, 3.8) is 0 Å². The zero-order chi connectivity index (χ0) is 14.4. The highest BCUT2D eigenvalue weighted by molar-refractivity contribution is 7.90. The number of benzene rings is 1. The van der Waals surface area contributed by atoms with Gasteiger partial charge in [0, 0.05) is 37.0 Å². The fourth-order valence-corrected chi connectivity index (χ4v) is 2.27. The van der Waals surface area contributed by atoms with Crippen molar-refractivity contribution in [2.45, 2.75) is 0 Å². The van der Waals surface area contributed by atoms with Crippen molar-refractivity contribution in [3.05, 3.63) is 36.5 Å². The molecule has 0 unspecified atom stereocenters. The summed E-state index contributed by atoms with van der Waals surface area (Å²) in [5.41, 5.74) is 0.898. The van der Waals surface area contributed by atoms with E-state index >= 15 is 0 Å². The molecule has 0 saturated carbocycles. The quantitative estimate of drug-likeness (QED) is 0.778. The van der Waals surface area contributed by atoms with E-state index in [-0.39, 0.29) is 5.75 Å². The zero-order valence-corrected chi connectivity index (χ0v) is 12.2. The second-order valence-corrected chi connectivity index (χ2v) is 6.85. The number of nitrogens with zero attached hydrogens (tertiary/aromatic N) is 1. The van der Waals surface area contributed by atoms with E-state index < -0.39 is 9.84 Å². The summed E-state index contributed by atoms with van der Waals surface area (Å²) < 4.78 is 27.5. The predicted molar refractivity (Wildman–Crippen MR) is 79.8 cm³/mol. The maximum atomic E-state index is 10.9. The van der Waals surface area contributed by atoms with E-state index in [1.165, 1.54) is 6.26 Å². The maximum absolute atomic E-state index is 10.9. The molecule has 5 nitrogen and oxygen atoms in total. The van der Waals surface area contributed by atoms with Gasteiger partial charge in [-0.3, -0.25) is 4.98 Å². The molecule has 1 aromatic heterocycles. The smallest absolute Gasteiger partial charge is 0.148 e. The molecule has 0 aliphatic heterocycles. The molecule has 108 valence electrons. The van der Waals surface area contributed by atoms with Crippen LogP contribution in [0.1, 0.15) is 0 Å². The molecule has 0 atom stereocenters. The Morgan fingerprint density at radius 1 is 1.25 bits per heavy atom. The predicted octanol–water partition coefficient (Wildman–Crippen LogP) is 1.25. The summed E-state index contributed by atoms with van der Waals surface area (Å²) in [6.45, 7) is 1.54. The van der Waals surface area contributed by atoms with Crippen molar-refractivity contribution >= 4 is 20.7 Å². The van der Waals surface area contributed by atoms with E-state index in [0.29, 0.717) is 19.7 Å². The molecule has 6 heteroatoms. The lowest BCUT2D eigenvalue weighted by Gasteiger charge is -2.08. The van der Waals surface area contributed by atoms with Crippen LogP contribution in [0.4, 0.5) is 0 Å². The molecule has 2 aromatic rings. The van der Waals surface area contributed by atoms with Crippen molar-refractivity contribution in [1.82, 2.24) is 10.3 Å². The van der Waals surface area contributed by atoms with Gasteiger partial charge < -0.3 is 10.1 Å². The standard InChI is InChI=1S/C14H18N2O3S/c1-20(17,18)10-8-15-7-9-19-13-5-4-12-3-2-6-16-14(12)11-13/h2-6,11,15H,7-10H2,1H3. The van der Waals surface area contributed by atoms with Crippen molar-refractivity contribution in [3.8, 4) is 5.75 Å². The van der Waals surface area contributed by atoms with Gasteiger partial charge in [0.05, 0.1) is 11.3 Å². The highest BCUT2D eigenvalue weighted by Crippen LogP contribution is 2.18. The first kappa shape index (κ1) is 14.7. The van der Waals surface area contributed by atoms with Gasteiger partial charge in [-0.15, -0.1) is 0 Å². The Kier molecular flexibility index (Phi) is 4.92. The SMILES string of the molecule is CS(=O)(=O)CCNCCOc1ccc2cccnc2c1. The van der Waals surface area contributed by atoms with E-state index in [2.05, 4.69) is 10.3 Å². The molecule has 1 heterocycles. The molecule has 0 aliphatic carbocycles. The third-order valence-corrected chi connectivity index (χ3v) is 3.72. The summed E-state index contributed by atoms with van der Waals surface area (Å²) in [6, 6.07) is 9.66. The first-order valence-corrected chi connectivity index (χ1v) is 8.47. The summed E-state index contributed by atoms with van der Waals surface area (Å²) in [6.07, 6.45) is 2.98. The molecule has 1 aromatic carbocycles. The van der Waals surface area contributed by atoms with Crippen LogP contribution in [0.25, 0.3) is 10.9 Å². The number of pyridine rings is 1. The minimum absolute atomic E-state index is 0.146. The zero-order valence-electron chi connectivity index (χ0n) is 11.4. The minimum atomic E-state index is -2.90. The Bertz CT molecular complexity index is 671. The van der Waals surface area contributed by atoms with Gasteiger partial charge in [-0.05, 0) is 18.2 Å². The number of hydrogen-bond acceptors (Lipinski definition) is 5. The van der Waals surface area contributed by atoms with E-state index in [0.717, 1.165) is 16.7 Å². The average molecular weight is 294 g/mol. The third-order valence-electron chi connectivity index (χ3n) is 2.77. The first-order valence-electron chi connectivity index (χ1n) is 6.41. The normalized spacial score (nSPS) is 11.7. The molecule has 0 spiro atoms. The fraction of sp³-hybridized carbons (Fsp3) is 0.357. The van der Waals surface area contributed by atoms with Crippen LogP contribution in [0.15, 0.2) is 36.5 Å². The maximum Gasteiger partial charge on any atom is 0.148 e. The summed E-state index contributed by atoms with van der Waals surface area (Å²) in [5.74, 6) is 0.911. The molecule has 0 radical (unpaired) electrons. The van der Waals surface area contributed by atoms with Crippen LogP contribution in [0.5, 0.6) is 5.75 Å². The van der Waals surface area contributed by atoms with Crippen LogP contribution in [0.2, 0.25) is 0 Å². The number of nitrogens with one attached hydrogen (secondary N) is 1. The van der Waals surface area contributed by atoms with Gasteiger partial charge in [0.25, 0.3) is 0 Å². The van der Waals surface area contributed by atoms with E-state index in [1.54, 1.807) is 6.20 Å². The van der Waals surface area contributed by atoms with Gasteiger partial charge in [-0.1, -0.05) is 6.07 Å². The Morgan fingerprint density at radius 2 is 2.10 bits per heavy atom. The van der Waals surface area contributed by atoms with Gasteiger partial charge in [0.2, 0.25) is 0 Å². The summed E-state index contributed by atoms with van der Waals surface area (Å²) in [4.78, 5) is 4.26. The topological polar surface area (TPSA) is 68.3 Å². The van der Waals surface area contributed by atoms with E-state index in [9.17, 15) is 8.42 Å². The largest absolute Gasteiger partial charge is 0.492 e. The van der Waals surface area contributed by atoms with Crippen molar-refractivity contribution in [2.24, 2.45) is 0 Å². The lowest BCUT2D eigenvalue weighted by Crippen LogP contribution is -2.26. The second kappa shape index (κ2) is 6.67. The lowest BCUT2D eigenvalue weighted by molar-refractivity contribution is 0.316. The van der Waals surface area contributed by atoms with Crippen molar-refractivity contribution in [2.75, 3.05) is 31.7 Å². The average Bonchev–Trinajstić information content (AvgIpc) is 2.41. The molecular formula is C14H18N2O3S. The van der Waals surface area contributed by atoms with Gasteiger partial charge in [-0.2, -0.15) is 0 Å². The Labute approximate surface area is 118 Å². The molecule has 0 fully saturated rings. The van der Waals surface area contributed by atoms with Crippen LogP contribution in [0, 0.1) is 0 Å². The van der Waals surface area contributed by atoms with Crippen LogP contribution >= 0.6 is 0 Å². The minimum Gasteiger partial charge on any atom is -0.492 e. The third kappa shape index (κ3) is 4.79. The van der Waals surface area contributed by atoms with E-state index in [1.807, 2.05) is 30.3 Å². The first-order chi connectivity index (χ1) is 9.54. The summed E-state index contributed by atoms with van der Waals surface area (Å²) in [5, 5.41) is 4.10. The highest BCUT2D eigenvalue weighted by Gasteiger charge is 2.01. The van der Waals surface area contributed by atoms with Crippen molar-refractivity contribution < 1.29 is 13.2 Å². The van der Waals surface area contributed by atoms with Gasteiger partial charge in [0.15, 0.2) is 0 Å². The Hall–Kier alpha value is -1.66. The number of ether oxygens (including phenoxy) is 1. The number of rotatable bonds is 7. The van der Waals surface area contributed by atoms with Crippen LogP contribution in [-0.2, 0) is 9.84 Å². The molecule has 0 bridgehead atoms. The Morgan fingerprint density at radius 3 is 2.90 bits per heavy atom. The molecule has 0 amide bonds. The van der Waals surface area contributed by atoms with E-state index in [4.69, 9.17) is 4.74 Å².